The number of hydrogen-bond acceptors (Lipinski definition) is 4. The third kappa shape index (κ3) is 4.12. The highest BCUT2D eigenvalue weighted by Gasteiger charge is 2.62. The largest absolute Gasteiger partial charge is 0.508 e. The number of aryl methyl sites for hydroxylation is 1. The van der Waals surface area contributed by atoms with Gasteiger partial charge in [-0.1, -0.05) is 32.0 Å². The number of amides is 1. The van der Waals surface area contributed by atoms with Crippen LogP contribution in [0.25, 0.3) is 0 Å². The summed E-state index contributed by atoms with van der Waals surface area (Å²) in [6.45, 7) is 3.63. The van der Waals surface area contributed by atoms with Gasteiger partial charge in [-0.3, -0.25) is 4.79 Å². The van der Waals surface area contributed by atoms with Crippen LogP contribution in [0.15, 0.2) is 29.4 Å². The number of rotatable bonds is 5. The van der Waals surface area contributed by atoms with E-state index < -0.39 is 24.2 Å². The van der Waals surface area contributed by atoms with E-state index in [1.807, 2.05) is 13.8 Å². The van der Waals surface area contributed by atoms with Gasteiger partial charge in [-0.05, 0) is 30.4 Å². The lowest BCUT2D eigenvalue weighted by molar-refractivity contribution is -0.302. The number of halogens is 3. The second-order valence-electron chi connectivity index (χ2n) is 6.59. The van der Waals surface area contributed by atoms with Crippen LogP contribution in [0.3, 0.4) is 0 Å². The number of alkyl halides is 3. The smallest absolute Gasteiger partial charge is 0.438 e. The molecule has 0 bridgehead atoms. The molecule has 1 aromatic carbocycles. The molecule has 5 nitrogen and oxygen atoms in total. The molecule has 1 aliphatic heterocycles. The van der Waals surface area contributed by atoms with Crippen molar-refractivity contribution in [3.63, 3.8) is 0 Å². The Kier molecular flexibility index (Phi) is 5.41. The fraction of sp³-hybridized carbons (Fsp3) is 0.529. The summed E-state index contributed by atoms with van der Waals surface area (Å²) in [4.78, 5) is 12.3. The van der Waals surface area contributed by atoms with E-state index in [0.717, 1.165) is 0 Å². The first-order valence-corrected chi connectivity index (χ1v) is 8.00. The molecule has 1 amide bonds. The molecule has 0 unspecified atom stereocenters. The van der Waals surface area contributed by atoms with Gasteiger partial charge in [0.15, 0.2) is 0 Å². The molecule has 0 radical (unpaired) electrons. The van der Waals surface area contributed by atoms with Crippen molar-refractivity contribution in [2.45, 2.75) is 51.4 Å². The fourth-order valence-corrected chi connectivity index (χ4v) is 2.76. The predicted octanol–water partition coefficient (Wildman–Crippen LogP) is 3.21. The van der Waals surface area contributed by atoms with Gasteiger partial charge in [0.25, 0.3) is 5.72 Å². The van der Waals surface area contributed by atoms with E-state index in [2.05, 4.69) is 5.10 Å². The zero-order valence-electron chi connectivity index (χ0n) is 14.0. The summed E-state index contributed by atoms with van der Waals surface area (Å²) < 4.78 is 40.0. The molecule has 1 aliphatic rings. The molecule has 1 atom stereocenters. The molecule has 2 N–H and O–H groups in total. The van der Waals surface area contributed by atoms with E-state index in [1.165, 1.54) is 6.07 Å². The molecule has 1 aromatic rings. The van der Waals surface area contributed by atoms with Crippen molar-refractivity contribution < 1.29 is 28.2 Å². The SMILES string of the molecule is CC(C)CC1=NN(C(=O)CCc2ccccc2O)[C@](O)(C(F)(F)F)C1. The van der Waals surface area contributed by atoms with Gasteiger partial charge in [0.2, 0.25) is 5.91 Å². The van der Waals surface area contributed by atoms with Crippen LogP contribution < -0.4 is 0 Å². The predicted molar refractivity (Wildman–Crippen MR) is 85.8 cm³/mol. The van der Waals surface area contributed by atoms with Gasteiger partial charge in [-0.2, -0.15) is 23.3 Å². The van der Waals surface area contributed by atoms with Crippen LogP contribution in [-0.2, 0) is 11.2 Å². The van der Waals surface area contributed by atoms with Gasteiger partial charge < -0.3 is 10.2 Å². The lowest BCUT2D eigenvalue weighted by Gasteiger charge is -2.32. The van der Waals surface area contributed by atoms with Gasteiger partial charge >= 0.3 is 6.18 Å². The highest BCUT2D eigenvalue weighted by molar-refractivity contribution is 5.91. The van der Waals surface area contributed by atoms with Crippen molar-refractivity contribution in [2.75, 3.05) is 0 Å². The summed E-state index contributed by atoms with van der Waals surface area (Å²) in [6, 6.07) is 6.27. The highest BCUT2D eigenvalue weighted by Crippen LogP contribution is 2.41. The van der Waals surface area contributed by atoms with Crippen LogP contribution in [0, 0.1) is 5.92 Å². The van der Waals surface area contributed by atoms with Crippen LogP contribution in [0.1, 0.15) is 38.7 Å². The number of phenols is 1. The molecule has 25 heavy (non-hydrogen) atoms. The zero-order chi connectivity index (χ0) is 18.8. The fourth-order valence-electron chi connectivity index (χ4n) is 2.76. The van der Waals surface area contributed by atoms with E-state index in [-0.39, 0.29) is 41.7 Å². The minimum atomic E-state index is -5.01. The van der Waals surface area contributed by atoms with E-state index in [0.29, 0.717) is 5.56 Å². The maximum absolute atomic E-state index is 13.3. The molecule has 0 spiro atoms. The van der Waals surface area contributed by atoms with Crippen molar-refractivity contribution in [3.05, 3.63) is 29.8 Å². The van der Waals surface area contributed by atoms with Crippen LogP contribution in [0.4, 0.5) is 13.2 Å². The molecule has 0 saturated heterocycles. The maximum atomic E-state index is 13.3. The van der Waals surface area contributed by atoms with E-state index in [1.54, 1.807) is 18.2 Å². The van der Waals surface area contributed by atoms with Gasteiger partial charge in [0.05, 0.1) is 0 Å². The minimum absolute atomic E-state index is 0.0354. The van der Waals surface area contributed by atoms with Crippen LogP contribution in [-0.4, -0.2) is 38.7 Å². The second kappa shape index (κ2) is 7.03. The van der Waals surface area contributed by atoms with Gasteiger partial charge in [-0.25, -0.2) is 0 Å². The monoisotopic (exact) mass is 358 g/mol. The van der Waals surface area contributed by atoms with Gasteiger partial charge in [-0.15, -0.1) is 0 Å². The number of aliphatic hydroxyl groups is 1. The Morgan fingerprint density at radius 2 is 2.00 bits per heavy atom. The third-order valence-electron chi connectivity index (χ3n) is 3.98. The molecule has 8 heteroatoms. The average Bonchev–Trinajstić information content (AvgIpc) is 2.83. The summed E-state index contributed by atoms with van der Waals surface area (Å²) in [5.41, 5.74) is -2.73. The lowest BCUT2D eigenvalue weighted by Crippen LogP contribution is -2.56. The topological polar surface area (TPSA) is 73.1 Å². The lowest BCUT2D eigenvalue weighted by atomic mass is 9.99. The summed E-state index contributed by atoms with van der Waals surface area (Å²) >= 11 is 0. The number of carbonyl (C=O) groups is 1. The first-order chi connectivity index (χ1) is 11.5. The Bertz CT molecular complexity index is 673. The number of aromatic hydroxyl groups is 1. The molecule has 138 valence electrons. The highest BCUT2D eigenvalue weighted by atomic mass is 19.4. The van der Waals surface area contributed by atoms with Crippen LogP contribution >= 0.6 is 0 Å². The molecule has 1 heterocycles. The first kappa shape index (κ1) is 19.2. The molecule has 0 aromatic heterocycles. The van der Waals surface area contributed by atoms with Crippen molar-refractivity contribution >= 4 is 11.6 Å². The molecule has 0 saturated carbocycles. The molecule has 2 rings (SSSR count). The number of hydrazone groups is 1. The molecular weight excluding hydrogens is 337 g/mol. The Balaban J connectivity index is 2.18. The second-order valence-corrected chi connectivity index (χ2v) is 6.59. The number of benzene rings is 1. The van der Waals surface area contributed by atoms with E-state index in [9.17, 15) is 28.2 Å². The number of carbonyl (C=O) groups excluding carboxylic acids is 1. The quantitative estimate of drug-likeness (QED) is 0.849. The first-order valence-electron chi connectivity index (χ1n) is 8.00. The van der Waals surface area contributed by atoms with Crippen molar-refractivity contribution in [2.24, 2.45) is 11.0 Å². The standard InChI is InChI=1S/C17H21F3N2O3/c1-11(2)9-13-10-16(25,17(18,19)20)22(21-13)15(24)8-7-12-5-3-4-6-14(12)23/h3-6,11,23,25H,7-10H2,1-2H3/t16-/m1/s1. The summed E-state index contributed by atoms with van der Waals surface area (Å²) in [5, 5.41) is 23.7. The Hall–Kier alpha value is -2.09. The van der Waals surface area contributed by atoms with Crippen LogP contribution in [0.5, 0.6) is 5.75 Å². The van der Waals surface area contributed by atoms with Gasteiger partial charge in [0.1, 0.15) is 5.75 Å². The van der Waals surface area contributed by atoms with Crippen molar-refractivity contribution in [3.8, 4) is 5.75 Å². The normalized spacial score (nSPS) is 20.9. The molecule has 0 aliphatic carbocycles. The Morgan fingerprint density at radius 1 is 1.36 bits per heavy atom. The van der Waals surface area contributed by atoms with E-state index >= 15 is 0 Å². The van der Waals surface area contributed by atoms with Crippen molar-refractivity contribution in [1.82, 2.24) is 5.01 Å². The Labute approximate surface area is 143 Å². The van der Waals surface area contributed by atoms with E-state index in [4.69, 9.17) is 0 Å². The summed E-state index contributed by atoms with van der Waals surface area (Å²) in [5.74, 6) is -0.929. The minimum Gasteiger partial charge on any atom is -0.508 e. The number of phenolic OH excluding ortho intramolecular Hbond substituents is 1. The molecular formula is C17H21F3N2O3. The number of nitrogens with zero attached hydrogens (tertiary/aromatic N) is 2. The summed E-state index contributed by atoms with van der Waals surface area (Å²) in [6.07, 6.45) is -5.75. The Morgan fingerprint density at radius 3 is 2.56 bits per heavy atom. The number of hydrogen-bond donors (Lipinski definition) is 2. The summed E-state index contributed by atoms with van der Waals surface area (Å²) in [7, 11) is 0. The maximum Gasteiger partial charge on any atom is 0.438 e. The van der Waals surface area contributed by atoms with Gasteiger partial charge in [0, 0.05) is 18.6 Å². The zero-order valence-corrected chi connectivity index (χ0v) is 14.0. The van der Waals surface area contributed by atoms with Crippen LogP contribution in [0.2, 0.25) is 0 Å². The third-order valence-corrected chi connectivity index (χ3v) is 3.98. The average molecular weight is 358 g/mol. The number of para-hydroxylation sites is 1. The van der Waals surface area contributed by atoms with Crippen molar-refractivity contribution in [1.29, 1.82) is 0 Å². The molecule has 0 fully saturated rings.